The van der Waals surface area contributed by atoms with Gasteiger partial charge in [-0.15, -0.1) is 16.4 Å². The van der Waals surface area contributed by atoms with Gasteiger partial charge >= 0.3 is 0 Å². The number of aryl methyl sites for hydroxylation is 1. The zero-order valence-electron chi connectivity index (χ0n) is 10.2. The van der Waals surface area contributed by atoms with Gasteiger partial charge in [0.15, 0.2) is 10.9 Å². The molecule has 0 unspecified atom stereocenters. The number of thiazole rings is 1. The lowest BCUT2D eigenvalue weighted by atomic mass is 10.3. The number of aromatic nitrogens is 4. The molecule has 19 heavy (non-hydrogen) atoms. The van der Waals surface area contributed by atoms with Crippen molar-refractivity contribution in [3.05, 3.63) is 47.6 Å². The predicted octanol–water partition coefficient (Wildman–Crippen LogP) is 3.05. The van der Waals surface area contributed by atoms with E-state index in [2.05, 4.69) is 25.5 Å². The standard InChI is InChI=1S/C13H11N5S/c1-9-5-6-12(18-17-9)16-13-15-11(8-19-13)10-4-2-3-7-14-10/h2-8H,1H3,(H,15,16,18). The van der Waals surface area contributed by atoms with Crippen molar-refractivity contribution in [2.75, 3.05) is 5.32 Å². The molecule has 0 saturated heterocycles. The lowest BCUT2D eigenvalue weighted by Crippen LogP contribution is -1.95. The maximum Gasteiger partial charge on any atom is 0.188 e. The first-order valence-corrected chi connectivity index (χ1v) is 6.63. The van der Waals surface area contributed by atoms with Crippen LogP contribution in [0, 0.1) is 6.92 Å². The van der Waals surface area contributed by atoms with E-state index in [1.54, 1.807) is 6.20 Å². The van der Waals surface area contributed by atoms with E-state index >= 15 is 0 Å². The molecule has 3 heterocycles. The van der Waals surface area contributed by atoms with Crippen molar-refractivity contribution in [3.8, 4) is 11.4 Å². The molecule has 6 heteroatoms. The molecule has 0 amide bonds. The second-order valence-corrected chi connectivity index (χ2v) is 4.80. The first-order chi connectivity index (χ1) is 9.31. The highest BCUT2D eigenvalue weighted by molar-refractivity contribution is 7.14. The zero-order chi connectivity index (χ0) is 13.1. The maximum atomic E-state index is 4.48. The van der Waals surface area contributed by atoms with E-state index in [1.165, 1.54) is 11.3 Å². The highest BCUT2D eigenvalue weighted by Crippen LogP contribution is 2.24. The highest BCUT2D eigenvalue weighted by atomic mass is 32.1. The minimum Gasteiger partial charge on any atom is -0.315 e. The zero-order valence-corrected chi connectivity index (χ0v) is 11.1. The number of anilines is 2. The molecule has 0 saturated carbocycles. The maximum absolute atomic E-state index is 4.48. The minimum absolute atomic E-state index is 0.688. The van der Waals surface area contributed by atoms with Crippen molar-refractivity contribution in [1.29, 1.82) is 0 Å². The van der Waals surface area contributed by atoms with Crippen molar-refractivity contribution >= 4 is 22.3 Å². The number of rotatable bonds is 3. The highest BCUT2D eigenvalue weighted by Gasteiger charge is 2.06. The van der Waals surface area contributed by atoms with Gasteiger partial charge in [0.1, 0.15) is 5.69 Å². The average Bonchev–Trinajstić information content (AvgIpc) is 2.91. The molecule has 3 aromatic rings. The fraction of sp³-hybridized carbons (Fsp3) is 0.0769. The van der Waals surface area contributed by atoms with Gasteiger partial charge in [0.25, 0.3) is 0 Å². The van der Waals surface area contributed by atoms with Crippen LogP contribution in [0.15, 0.2) is 41.9 Å². The largest absolute Gasteiger partial charge is 0.315 e. The second-order valence-electron chi connectivity index (χ2n) is 3.94. The molecule has 0 bridgehead atoms. The molecule has 94 valence electrons. The van der Waals surface area contributed by atoms with Gasteiger partial charge in [0.05, 0.1) is 11.4 Å². The first kappa shape index (κ1) is 11.7. The molecule has 0 aromatic carbocycles. The number of nitrogens with zero attached hydrogens (tertiary/aromatic N) is 4. The van der Waals surface area contributed by atoms with Crippen LogP contribution in [0.25, 0.3) is 11.4 Å². The van der Waals surface area contributed by atoms with E-state index < -0.39 is 0 Å². The van der Waals surface area contributed by atoms with Crippen molar-refractivity contribution in [1.82, 2.24) is 20.2 Å². The summed E-state index contributed by atoms with van der Waals surface area (Å²) in [7, 11) is 0. The van der Waals surface area contributed by atoms with Crippen LogP contribution in [-0.4, -0.2) is 20.2 Å². The third-order valence-corrected chi connectivity index (χ3v) is 3.22. The molecule has 0 fully saturated rings. The lowest BCUT2D eigenvalue weighted by Gasteiger charge is -2.00. The van der Waals surface area contributed by atoms with Gasteiger partial charge in [-0.05, 0) is 31.2 Å². The Morgan fingerprint density at radius 1 is 1.05 bits per heavy atom. The number of hydrogen-bond donors (Lipinski definition) is 1. The summed E-state index contributed by atoms with van der Waals surface area (Å²) in [6.07, 6.45) is 1.76. The van der Waals surface area contributed by atoms with Crippen LogP contribution in [-0.2, 0) is 0 Å². The van der Waals surface area contributed by atoms with Crippen LogP contribution in [0.1, 0.15) is 5.69 Å². The van der Waals surface area contributed by atoms with E-state index in [4.69, 9.17) is 0 Å². The number of hydrogen-bond acceptors (Lipinski definition) is 6. The van der Waals surface area contributed by atoms with Crippen LogP contribution in [0.3, 0.4) is 0 Å². The van der Waals surface area contributed by atoms with Crippen molar-refractivity contribution in [2.45, 2.75) is 6.92 Å². The Morgan fingerprint density at radius 3 is 2.74 bits per heavy atom. The number of pyridine rings is 1. The minimum atomic E-state index is 0.688. The summed E-state index contributed by atoms with van der Waals surface area (Å²) < 4.78 is 0. The van der Waals surface area contributed by atoms with Crippen LogP contribution in [0.4, 0.5) is 10.9 Å². The normalized spacial score (nSPS) is 10.4. The molecule has 0 aliphatic rings. The topological polar surface area (TPSA) is 63.6 Å². The Balaban J connectivity index is 1.80. The van der Waals surface area contributed by atoms with Crippen molar-refractivity contribution in [2.24, 2.45) is 0 Å². The van der Waals surface area contributed by atoms with Crippen LogP contribution in [0.5, 0.6) is 0 Å². The smallest absolute Gasteiger partial charge is 0.188 e. The molecule has 0 radical (unpaired) electrons. The van der Waals surface area contributed by atoms with E-state index in [0.29, 0.717) is 5.82 Å². The van der Waals surface area contributed by atoms with E-state index in [-0.39, 0.29) is 0 Å². The van der Waals surface area contributed by atoms with Gasteiger partial charge in [-0.1, -0.05) is 6.07 Å². The van der Waals surface area contributed by atoms with E-state index in [0.717, 1.165) is 22.2 Å². The van der Waals surface area contributed by atoms with Crippen molar-refractivity contribution < 1.29 is 0 Å². The van der Waals surface area contributed by atoms with E-state index in [9.17, 15) is 0 Å². The lowest BCUT2D eigenvalue weighted by molar-refractivity contribution is 0.985. The SMILES string of the molecule is Cc1ccc(Nc2nc(-c3ccccn3)cs2)nn1. The molecule has 1 N–H and O–H groups in total. The van der Waals surface area contributed by atoms with Gasteiger partial charge < -0.3 is 5.32 Å². The Kier molecular flexibility index (Phi) is 3.16. The van der Waals surface area contributed by atoms with Crippen LogP contribution >= 0.6 is 11.3 Å². The molecule has 0 aliphatic heterocycles. The second kappa shape index (κ2) is 5.11. The third kappa shape index (κ3) is 2.74. The molecule has 3 aromatic heterocycles. The summed E-state index contributed by atoms with van der Waals surface area (Å²) in [6.45, 7) is 1.90. The summed E-state index contributed by atoms with van der Waals surface area (Å²) in [5.74, 6) is 0.688. The Hall–Kier alpha value is -2.34. The van der Waals surface area contributed by atoms with Crippen molar-refractivity contribution in [3.63, 3.8) is 0 Å². The predicted molar refractivity (Wildman–Crippen MR) is 75.4 cm³/mol. The number of nitrogens with one attached hydrogen (secondary N) is 1. The van der Waals surface area contributed by atoms with E-state index in [1.807, 2.05) is 42.6 Å². The molecule has 0 atom stereocenters. The Labute approximate surface area is 114 Å². The van der Waals surface area contributed by atoms with Gasteiger partial charge in [0.2, 0.25) is 0 Å². The first-order valence-electron chi connectivity index (χ1n) is 5.75. The Bertz CT molecular complexity index is 663. The fourth-order valence-corrected chi connectivity index (χ4v) is 2.25. The quantitative estimate of drug-likeness (QED) is 0.791. The monoisotopic (exact) mass is 269 g/mol. The molecule has 0 spiro atoms. The van der Waals surface area contributed by atoms with Gasteiger partial charge in [-0.2, -0.15) is 5.10 Å². The summed E-state index contributed by atoms with van der Waals surface area (Å²) in [4.78, 5) is 8.74. The van der Waals surface area contributed by atoms with Crippen LogP contribution < -0.4 is 5.32 Å². The summed E-state index contributed by atoms with van der Waals surface area (Å²) in [5, 5.41) is 13.9. The summed E-state index contributed by atoms with van der Waals surface area (Å²) in [6, 6.07) is 9.55. The summed E-state index contributed by atoms with van der Waals surface area (Å²) in [5.41, 5.74) is 2.61. The summed E-state index contributed by atoms with van der Waals surface area (Å²) >= 11 is 1.51. The molecule has 3 rings (SSSR count). The molecular formula is C13H11N5S. The Morgan fingerprint density at radius 2 is 2.00 bits per heavy atom. The third-order valence-electron chi connectivity index (χ3n) is 2.46. The molecule has 0 aliphatic carbocycles. The van der Waals surface area contributed by atoms with Gasteiger partial charge in [0, 0.05) is 11.6 Å². The van der Waals surface area contributed by atoms with Crippen LogP contribution in [0.2, 0.25) is 0 Å². The van der Waals surface area contributed by atoms with Gasteiger partial charge in [-0.25, -0.2) is 4.98 Å². The molecule has 5 nitrogen and oxygen atoms in total. The molecular weight excluding hydrogens is 258 g/mol. The fourth-order valence-electron chi connectivity index (χ4n) is 1.54. The average molecular weight is 269 g/mol. The van der Waals surface area contributed by atoms with Gasteiger partial charge in [-0.3, -0.25) is 4.98 Å².